The molecule has 5 heteroatoms. The molecule has 4 rings (SSSR count). The lowest BCUT2D eigenvalue weighted by atomic mass is 9.79. The number of hydrogen-bond acceptors (Lipinski definition) is 3. The SMILES string of the molecule is Cc1ccccc1NC1=NC(=S)N(Cc2ccccc2)[C@]12CCOC(C)(C)C2. The molecule has 0 saturated carbocycles. The van der Waals surface area contributed by atoms with Crippen LogP contribution in [-0.4, -0.2) is 33.6 Å². The van der Waals surface area contributed by atoms with E-state index in [4.69, 9.17) is 21.9 Å². The zero-order chi connectivity index (χ0) is 19.8. The van der Waals surface area contributed by atoms with Crippen molar-refractivity contribution in [3.05, 3.63) is 65.7 Å². The van der Waals surface area contributed by atoms with Gasteiger partial charge in [0.25, 0.3) is 0 Å². The van der Waals surface area contributed by atoms with Crippen molar-refractivity contribution in [3.63, 3.8) is 0 Å². The molecule has 2 aliphatic heterocycles. The summed E-state index contributed by atoms with van der Waals surface area (Å²) in [6, 6.07) is 18.8. The average Bonchev–Trinajstić information content (AvgIpc) is 2.88. The van der Waals surface area contributed by atoms with Gasteiger partial charge in [-0.2, -0.15) is 0 Å². The van der Waals surface area contributed by atoms with Crippen molar-refractivity contribution in [2.75, 3.05) is 11.9 Å². The summed E-state index contributed by atoms with van der Waals surface area (Å²) in [5.74, 6) is 0.944. The minimum Gasteiger partial charge on any atom is -0.375 e. The van der Waals surface area contributed by atoms with Gasteiger partial charge in [-0.3, -0.25) is 0 Å². The zero-order valence-corrected chi connectivity index (χ0v) is 17.6. The summed E-state index contributed by atoms with van der Waals surface area (Å²) in [6.07, 6.45) is 1.70. The molecule has 0 aromatic heterocycles. The van der Waals surface area contributed by atoms with E-state index in [2.05, 4.69) is 73.5 Å². The van der Waals surface area contributed by atoms with Gasteiger partial charge in [0.05, 0.1) is 5.60 Å². The van der Waals surface area contributed by atoms with Crippen molar-refractivity contribution in [1.82, 2.24) is 4.90 Å². The van der Waals surface area contributed by atoms with E-state index < -0.39 is 0 Å². The number of rotatable bonds is 3. The van der Waals surface area contributed by atoms with Gasteiger partial charge in [-0.05, 0) is 50.2 Å². The molecule has 0 amide bonds. The van der Waals surface area contributed by atoms with Gasteiger partial charge in [-0.25, -0.2) is 4.99 Å². The summed E-state index contributed by atoms with van der Waals surface area (Å²) in [5.41, 5.74) is 2.99. The van der Waals surface area contributed by atoms with Gasteiger partial charge in [0, 0.05) is 31.7 Å². The first-order valence-corrected chi connectivity index (χ1v) is 10.2. The van der Waals surface area contributed by atoms with Crippen LogP contribution in [-0.2, 0) is 11.3 Å². The Bertz CT molecular complexity index is 909. The van der Waals surface area contributed by atoms with E-state index in [0.29, 0.717) is 11.7 Å². The highest BCUT2D eigenvalue weighted by molar-refractivity contribution is 7.80. The molecule has 1 spiro atoms. The van der Waals surface area contributed by atoms with Crippen molar-refractivity contribution < 1.29 is 4.74 Å². The van der Waals surface area contributed by atoms with Crippen LogP contribution in [0.5, 0.6) is 0 Å². The molecule has 1 atom stereocenters. The van der Waals surface area contributed by atoms with Gasteiger partial charge in [0.1, 0.15) is 11.4 Å². The lowest BCUT2D eigenvalue weighted by molar-refractivity contribution is -0.0879. The summed E-state index contributed by atoms with van der Waals surface area (Å²) < 4.78 is 6.06. The van der Waals surface area contributed by atoms with Gasteiger partial charge >= 0.3 is 0 Å². The molecule has 2 aliphatic rings. The summed E-state index contributed by atoms with van der Waals surface area (Å²) in [5, 5.41) is 4.27. The average molecular weight is 394 g/mol. The normalized spacial score (nSPS) is 23.8. The number of para-hydroxylation sites is 1. The maximum Gasteiger partial charge on any atom is 0.198 e. The van der Waals surface area contributed by atoms with Crippen molar-refractivity contribution in [2.24, 2.45) is 4.99 Å². The summed E-state index contributed by atoms with van der Waals surface area (Å²) in [4.78, 5) is 7.15. The third kappa shape index (κ3) is 3.56. The predicted octanol–water partition coefficient (Wildman–Crippen LogP) is 4.93. The lowest BCUT2D eigenvalue weighted by Crippen LogP contribution is -2.60. The number of amidine groups is 1. The first kappa shape index (κ1) is 19.1. The highest BCUT2D eigenvalue weighted by Gasteiger charge is 2.53. The van der Waals surface area contributed by atoms with Gasteiger partial charge in [0.15, 0.2) is 5.11 Å². The van der Waals surface area contributed by atoms with Crippen LogP contribution >= 0.6 is 12.2 Å². The molecule has 4 nitrogen and oxygen atoms in total. The first-order valence-electron chi connectivity index (χ1n) is 9.81. The van der Waals surface area contributed by atoms with Crippen molar-refractivity contribution in [2.45, 2.75) is 51.3 Å². The van der Waals surface area contributed by atoms with Crippen LogP contribution in [0.2, 0.25) is 0 Å². The summed E-state index contributed by atoms with van der Waals surface area (Å²) in [7, 11) is 0. The summed E-state index contributed by atoms with van der Waals surface area (Å²) in [6.45, 7) is 7.86. The Morgan fingerprint density at radius 2 is 1.82 bits per heavy atom. The highest BCUT2D eigenvalue weighted by atomic mass is 32.1. The minimum atomic E-state index is -0.281. The third-order valence-electron chi connectivity index (χ3n) is 5.70. The molecular formula is C23H27N3OS. The number of aryl methyl sites for hydroxylation is 1. The Kier molecular flexibility index (Phi) is 4.98. The van der Waals surface area contributed by atoms with E-state index in [9.17, 15) is 0 Å². The fraction of sp³-hybridized carbons (Fsp3) is 0.391. The molecule has 146 valence electrons. The third-order valence-corrected chi connectivity index (χ3v) is 6.02. The smallest absolute Gasteiger partial charge is 0.198 e. The van der Waals surface area contributed by atoms with E-state index in [1.54, 1.807) is 0 Å². The van der Waals surface area contributed by atoms with Crippen molar-refractivity contribution in [3.8, 4) is 0 Å². The minimum absolute atomic E-state index is 0.235. The van der Waals surface area contributed by atoms with E-state index in [0.717, 1.165) is 30.9 Å². The standard InChI is InChI=1S/C23H27N3OS/c1-17-9-7-8-12-19(17)24-20-23(13-14-27-22(2,3)16-23)26(21(28)25-20)15-18-10-5-4-6-11-18/h4-12H,13-16H2,1-3H3,(H,24,25,28)/t23-/m0/s1. The van der Waals surface area contributed by atoms with Crippen LogP contribution in [0.1, 0.15) is 37.8 Å². The maximum atomic E-state index is 6.06. The quantitative estimate of drug-likeness (QED) is 0.750. The molecule has 1 fully saturated rings. The molecule has 2 heterocycles. The molecule has 0 aliphatic carbocycles. The Hall–Kier alpha value is -2.24. The van der Waals surface area contributed by atoms with Crippen molar-refractivity contribution >= 4 is 28.9 Å². The van der Waals surface area contributed by atoms with Gasteiger partial charge in [-0.1, -0.05) is 48.5 Å². The van der Waals surface area contributed by atoms with Gasteiger partial charge < -0.3 is 15.0 Å². The maximum absolute atomic E-state index is 6.06. The van der Waals surface area contributed by atoms with E-state index in [1.807, 2.05) is 12.1 Å². The lowest BCUT2D eigenvalue weighted by Gasteiger charge is -2.48. The molecule has 0 unspecified atom stereocenters. The number of anilines is 1. The molecule has 1 saturated heterocycles. The molecule has 0 radical (unpaired) electrons. The molecule has 0 bridgehead atoms. The van der Waals surface area contributed by atoms with Gasteiger partial charge in [-0.15, -0.1) is 0 Å². The van der Waals surface area contributed by atoms with E-state index >= 15 is 0 Å². The number of nitrogens with zero attached hydrogens (tertiary/aromatic N) is 2. The van der Waals surface area contributed by atoms with Crippen LogP contribution in [0, 0.1) is 6.92 Å². The first-order chi connectivity index (χ1) is 13.4. The fourth-order valence-corrected chi connectivity index (χ4v) is 4.64. The largest absolute Gasteiger partial charge is 0.375 e. The van der Waals surface area contributed by atoms with Crippen LogP contribution in [0.4, 0.5) is 5.69 Å². The monoisotopic (exact) mass is 393 g/mol. The molecule has 28 heavy (non-hydrogen) atoms. The molecule has 2 aromatic carbocycles. The van der Waals surface area contributed by atoms with E-state index in [1.165, 1.54) is 11.1 Å². The van der Waals surface area contributed by atoms with Crippen LogP contribution in [0.15, 0.2) is 59.6 Å². The van der Waals surface area contributed by atoms with Crippen molar-refractivity contribution in [1.29, 1.82) is 0 Å². The Balaban J connectivity index is 1.71. The molecule has 2 aromatic rings. The number of aliphatic imine (C=N–C) groups is 1. The Morgan fingerprint density at radius 3 is 2.54 bits per heavy atom. The van der Waals surface area contributed by atoms with E-state index in [-0.39, 0.29) is 11.1 Å². The number of ether oxygens (including phenoxy) is 1. The second-order valence-electron chi connectivity index (χ2n) is 8.32. The number of benzene rings is 2. The van der Waals surface area contributed by atoms with Crippen LogP contribution in [0.3, 0.4) is 0 Å². The number of thiocarbonyl (C=S) groups is 1. The fourth-order valence-electron chi connectivity index (χ4n) is 4.31. The highest BCUT2D eigenvalue weighted by Crippen LogP contribution is 2.42. The predicted molar refractivity (Wildman–Crippen MR) is 119 cm³/mol. The Labute approximate surface area is 172 Å². The Morgan fingerprint density at radius 1 is 1.11 bits per heavy atom. The number of hydrogen-bond donors (Lipinski definition) is 1. The second-order valence-corrected chi connectivity index (χ2v) is 8.69. The van der Waals surface area contributed by atoms with Crippen LogP contribution in [0.25, 0.3) is 0 Å². The summed E-state index contributed by atoms with van der Waals surface area (Å²) >= 11 is 5.75. The number of nitrogens with one attached hydrogen (secondary N) is 1. The zero-order valence-electron chi connectivity index (χ0n) is 16.7. The van der Waals surface area contributed by atoms with Gasteiger partial charge in [0.2, 0.25) is 0 Å². The molecule has 1 N–H and O–H groups in total. The molecular weight excluding hydrogens is 366 g/mol. The second kappa shape index (κ2) is 7.30. The van der Waals surface area contributed by atoms with Crippen LogP contribution < -0.4 is 5.32 Å². The topological polar surface area (TPSA) is 36.9 Å².